The van der Waals surface area contributed by atoms with Gasteiger partial charge in [0.2, 0.25) is 5.24 Å². The normalized spacial score (nSPS) is 13.4. The Balaban J connectivity index is 4.30. The molecule has 1 N–H and O–H groups in total. The van der Waals surface area contributed by atoms with Crippen LogP contribution in [0.4, 0.5) is 4.79 Å². The van der Waals surface area contributed by atoms with E-state index in [1.807, 2.05) is 13.8 Å². The Bertz CT molecular complexity index is 258. The molecule has 0 heterocycles. The monoisotopic (exact) mass is 249 g/mol. The SMILES string of the molecule is CC(C)CC(NC(=O)OC(C)(C)C)C(=O)Cl. The van der Waals surface area contributed by atoms with Crippen molar-refractivity contribution in [1.29, 1.82) is 0 Å². The van der Waals surface area contributed by atoms with E-state index in [9.17, 15) is 9.59 Å². The van der Waals surface area contributed by atoms with E-state index in [1.54, 1.807) is 20.8 Å². The summed E-state index contributed by atoms with van der Waals surface area (Å²) in [6, 6.07) is -0.684. The zero-order valence-electron chi connectivity index (χ0n) is 10.5. The molecule has 0 aromatic carbocycles. The highest BCUT2D eigenvalue weighted by atomic mass is 35.5. The Labute approximate surface area is 102 Å². The minimum atomic E-state index is -0.684. The van der Waals surface area contributed by atoms with Crippen LogP contribution in [-0.2, 0) is 9.53 Å². The number of nitrogens with one attached hydrogen (secondary N) is 1. The number of halogens is 1. The van der Waals surface area contributed by atoms with E-state index in [-0.39, 0.29) is 5.92 Å². The molecule has 0 aliphatic rings. The summed E-state index contributed by atoms with van der Waals surface area (Å²) in [5.74, 6) is 0.266. The van der Waals surface area contributed by atoms with E-state index in [4.69, 9.17) is 16.3 Å². The van der Waals surface area contributed by atoms with Crippen molar-refractivity contribution in [2.75, 3.05) is 0 Å². The maximum absolute atomic E-state index is 11.4. The van der Waals surface area contributed by atoms with Crippen LogP contribution in [0.25, 0.3) is 0 Å². The molecule has 0 radical (unpaired) electrons. The standard InChI is InChI=1S/C11H20ClNO3/c1-7(2)6-8(9(12)14)13-10(15)16-11(3,4)5/h7-8H,6H2,1-5H3,(H,13,15). The third kappa shape index (κ3) is 7.51. The van der Waals surface area contributed by atoms with Gasteiger partial charge < -0.3 is 10.1 Å². The summed E-state index contributed by atoms with van der Waals surface area (Å²) in [5.41, 5.74) is -0.582. The molecule has 0 spiro atoms. The Hall–Kier alpha value is -0.770. The highest BCUT2D eigenvalue weighted by molar-refractivity contribution is 6.64. The van der Waals surface area contributed by atoms with Gasteiger partial charge in [-0.05, 0) is 44.7 Å². The van der Waals surface area contributed by atoms with Crippen LogP contribution in [0.5, 0.6) is 0 Å². The van der Waals surface area contributed by atoms with Gasteiger partial charge in [0.1, 0.15) is 11.6 Å². The average Bonchev–Trinajstić information content (AvgIpc) is 1.97. The number of carbonyl (C=O) groups excluding carboxylic acids is 2. The van der Waals surface area contributed by atoms with Crippen LogP contribution in [0.1, 0.15) is 41.0 Å². The van der Waals surface area contributed by atoms with Crippen LogP contribution in [0.3, 0.4) is 0 Å². The molecule has 0 aromatic rings. The summed E-state index contributed by atoms with van der Waals surface area (Å²) in [6.07, 6.45) is -0.117. The second-order valence-corrected chi connectivity index (χ2v) is 5.50. The first-order valence-corrected chi connectivity index (χ1v) is 5.68. The molecule has 0 saturated carbocycles. The lowest BCUT2D eigenvalue weighted by atomic mass is 10.1. The molecule has 4 nitrogen and oxygen atoms in total. The Kier molecular flexibility index (Phi) is 5.79. The van der Waals surface area contributed by atoms with Crippen LogP contribution in [0.15, 0.2) is 0 Å². The molecule has 0 rings (SSSR count). The largest absolute Gasteiger partial charge is 0.444 e. The van der Waals surface area contributed by atoms with Crippen molar-refractivity contribution in [2.24, 2.45) is 5.92 Å². The topological polar surface area (TPSA) is 55.4 Å². The van der Waals surface area contributed by atoms with Crippen LogP contribution in [0.2, 0.25) is 0 Å². The molecule has 1 atom stereocenters. The van der Waals surface area contributed by atoms with Gasteiger partial charge in [-0.15, -0.1) is 0 Å². The summed E-state index contributed by atoms with van der Waals surface area (Å²) in [5, 5.41) is 1.89. The van der Waals surface area contributed by atoms with Crippen molar-refractivity contribution < 1.29 is 14.3 Å². The molecule has 1 amide bonds. The number of amides is 1. The van der Waals surface area contributed by atoms with Gasteiger partial charge in [-0.2, -0.15) is 0 Å². The van der Waals surface area contributed by atoms with Crippen molar-refractivity contribution in [3.05, 3.63) is 0 Å². The molecule has 5 heteroatoms. The minimum absolute atomic E-state index is 0.266. The van der Waals surface area contributed by atoms with Gasteiger partial charge in [0, 0.05) is 0 Å². The number of ether oxygens (including phenoxy) is 1. The smallest absolute Gasteiger partial charge is 0.408 e. The van der Waals surface area contributed by atoms with Crippen molar-refractivity contribution in [2.45, 2.75) is 52.7 Å². The Morgan fingerprint density at radius 3 is 2.12 bits per heavy atom. The fraction of sp³-hybridized carbons (Fsp3) is 0.818. The molecule has 0 aliphatic heterocycles. The first kappa shape index (κ1) is 15.2. The van der Waals surface area contributed by atoms with E-state index < -0.39 is 23.0 Å². The predicted molar refractivity (Wildman–Crippen MR) is 63.5 cm³/mol. The first-order valence-electron chi connectivity index (χ1n) is 5.30. The second kappa shape index (κ2) is 6.09. The highest BCUT2D eigenvalue weighted by Gasteiger charge is 2.23. The van der Waals surface area contributed by atoms with Gasteiger partial charge in [0.25, 0.3) is 0 Å². The van der Waals surface area contributed by atoms with Crippen LogP contribution < -0.4 is 5.32 Å². The molecule has 0 bridgehead atoms. The third-order valence-electron chi connectivity index (χ3n) is 1.67. The Morgan fingerprint density at radius 2 is 1.81 bits per heavy atom. The second-order valence-electron chi connectivity index (χ2n) is 5.13. The third-order valence-corrected chi connectivity index (χ3v) is 1.94. The minimum Gasteiger partial charge on any atom is -0.444 e. The lowest BCUT2D eigenvalue weighted by Gasteiger charge is -2.22. The Morgan fingerprint density at radius 1 is 1.31 bits per heavy atom. The number of hydrogen-bond donors (Lipinski definition) is 1. The van der Waals surface area contributed by atoms with Crippen LogP contribution >= 0.6 is 11.6 Å². The summed E-state index contributed by atoms with van der Waals surface area (Å²) in [6.45, 7) is 9.17. The molecule has 16 heavy (non-hydrogen) atoms. The van der Waals surface area contributed by atoms with Crippen molar-refractivity contribution >= 4 is 22.9 Å². The van der Waals surface area contributed by atoms with E-state index in [2.05, 4.69) is 5.32 Å². The summed E-state index contributed by atoms with van der Waals surface area (Å²) >= 11 is 5.39. The van der Waals surface area contributed by atoms with Gasteiger partial charge in [-0.25, -0.2) is 4.79 Å². The molecular formula is C11H20ClNO3. The van der Waals surface area contributed by atoms with Crippen LogP contribution in [-0.4, -0.2) is 23.0 Å². The fourth-order valence-corrected chi connectivity index (χ4v) is 1.27. The van der Waals surface area contributed by atoms with E-state index in [0.717, 1.165) is 0 Å². The van der Waals surface area contributed by atoms with E-state index in [0.29, 0.717) is 6.42 Å². The number of alkyl carbamates (subject to hydrolysis) is 1. The predicted octanol–water partition coefficient (Wildman–Crippen LogP) is 2.69. The molecule has 0 aromatic heterocycles. The zero-order valence-corrected chi connectivity index (χ0v) is 11.2. The van der Waals surface area contributed by atoms with Gasteiger partial charge in [-0.3, -0.25) is 4.79 Å². The number of hydrogen-bond acceptors (Lipinski definition) is 3. The fourth-order valence-electron chi connectivity index (χ4n) is 1.13. The van der Waals surface area contributed by atoms with Gasteiger partial charge in [0.15, 0.2) is 0 Å². The molecule has 94 valence electrons. The molecule has 0 aliphatic carbocycles. The highest BCUT2D eigenvalue weighted by Crippen LogP contribution is 2.10. The lowest BCUT2D eigenvalue weighted by molar-refractivity contribution is -0.113. The summed E-state index contributed by atoms with van der Waals surface area (Å²) < 4.78 is 5.04. The van der Waals surface area contributed by atoms with E-state index in [1.165, 1.54) is 0 Å². The number of carbonyl (C=O) groups is 2. The lowest BCUT2D eigenvalue weighted by Crippen LogP contribution is -2.42. The first-order chi connectivity index (χ1) is 7.11. The molecule has 1 unspecified atom stereocenters. The molecular weight excluding hydrogens is 230 g/mol. The summed E-state index contributed by atoms with van der Waals surface area (Å²) in [7, 11) is 0. The summed E-state index contributed by atoms with van der Waals surface area (Å²) in [4.78, 5) is 22.5. The van der Waals surface area contributed by atoms with Crippen LogP contribution in [0, 0.1) is 5.92 Å². The maximum Gasteiger partial charge on any atom is 0.408 e. The quantitative estimate of drug-likeness (QED) is 0.780. The van der Waals surface area contributed by atoms with Crippen molar-refractivity contribution in [1.82, 2.24) is 5.32 Å². The van der Waals surface area contributed by atoms with Gasteiger partial charge in [0.05, 0.1) is 0 Å². The number of rotatable bonds is 4. The van der Waals surface area contributed by atoms with Gasteiger partial charge in [-0.1, -0.05) is 13.8 Å². The molecule has 0 fully saturated rings. The van der Waals surface area contributed by atoms with E-state index >= 15 is 0 Å². The average molecular weight is 250 g/mol. The maximum atomic E-state index is 11.4. The van der Waals surface area contributed by atoms with Crippen molar-refractivity contribution in [3.63, 3.8) is 0 Å². The zero-order chi connectivity index (χ0) is 12.9. The van der Waals surface area contributed by atoms with Gasteiger partial charge >= 0.3 is 6.09 Å². The van der Waals surface area contributed by atoms with Crippen molar-refractivity contribution in [3.8, 4) is 0 Å². The molecule has 0 saturated heterocycles.